The maximum absolute atomic E-state index is 13.0. The zero-order valence-corrected chi connectivity index (χ0v) is 18.7. The number of rotatable bonds is 5. The van der Waals surface area contributed by atoms with E-state index in [4.69, 9.17) is 9.72 Å². The van der Waals surface area contributed by atoms with Crippen LogP contribution in [0.1, 0.15) is 29.5 Å². The third-order valence-electron chi connectivity index (χ3n) is 6.23. The minimum Gasteiger partial charge on any atom is -0.507 e. The Balaban J connectivity index is 1.76. The second-order valence-electron chi connectivity index (χ2n) is 8.64. The fourth-order valence-corrected chi connectivity index (χ4v) is 4.56. The maximum Gasteiger partial charge on any atom is 0.330 e. The summed E-state index contributed by atoms with van der Waals surface area (Å²) in [5.41, 5.74) is 2.86. The average Bonchev–Trinajstić information content (AvgIpc) is 3.44. The number of phenolic OH excluding ortho intramolecular Hbond substituents is 1. The first kappa shape index (κ1) is 21.2. The van der Waals surface area contributed by atoms with E-state index in [1.54, 1.807) is 0 Å². The van der Waals surface area contributed by atoms with E-state index in [-0.39, 0.29) is 18.4 Å². The normalized spacial score (nSPS) is 16.0. The summed E-state index contributed by atoms with van der Waals surface area (Å²) in [4.78, 5) is 33.1. The number of H-pyrrole nitrogens is 1. The average molecular weight is 447 g/mol. The fourth-order valence-electron chi connectivity index (χ4n) is 4.56. The molecule has 1 fully saturated rings. The van der Waals surface area contributed by atoms with Crippen molar-refractivity contribution in [1.82, 2.24) is 19.1 Å². The molecule has 1 unspecified atom stereocenters. The number of aryl methyl sites for hydroxylation is 2. The number of hydrogen-bond acceptors (Lipinski definition) is 5. The first-order valence-corrected chi connectivity index (χ1v) is 11.1. The second kappa shape index (κ2) is 8.37. The van der Waals surface area contributed by atoms with Crippen molar-refractivity contribution in [1.29, 1.82) is 0 Å². The van der Waals surface area contributed by atoms with Crippen LogP contribution < -0.4 is 11.2 Å². The van der Waals surface area contributed by atoms with E-state index < -0.39 is 11.2 Å². The molecule has 3 heterocycles. The Kier molecular flexibility index (Phi) is 5.38. The van der Waals surface area contributed by atoms with Crippen molar-refractivity contribution >= 4 is 11.2 Å². The molecule has 8 nitrogen and oxygen atoms in total. The van der Waals surface area contributed by atoms with Gasteiger partial charge in [0.25, 0.3) is 5.56 Å². The number of nitrogens with one attached hydrogen (secondary N) is 1. The number of hydrogen-bond donors (Lipinski definition) is 2. The van der Waals surface area contributed by atoms with E-state index in [0.717, 1.165) is 35.1 Å². The Morgan fingerprint density at radius 2 is 1.85 bits per heavy atom. The number of aromatic amines is 1. The molecule has 0 radical (unpaired) electrons. The van der Waals surface area contributed by atoms with Gasteiger partial charge in [-0.05, 0) is 55.5 Å². The van der Waals surface area contributed by atoms with E-state index in [1.807, 2.05) is 60.9 Å². The number of nitrogens with zero attached hydrogens (tertiary/aromatic N) is 3. The Bertz CT molecular complexity index is 1420. The lowest BCUT2D eigenvalue weighted by Crippen LogP contribution is -2.32. The smallest absolute Gasteiger partial charge is 0.330 e. The van der Waals surface area contributed by atoms with Crippen LogP contribution in [0.4, 0.5) is 0 Å². The number of benzene rings is 2. The Hall–Kier alpha value is -3.65. The lowest BCUT2D eigenvalue weighted by Gasteiger charge is -2.15. The molecule has 2 N–H and O–H groups in total. The molecule has 33 heavy (non-hydrogen) atoms. The summed E-state index contributed by atoms with van der Waals surface area (Å²) in [6.45, 7) is 5.10. The van der Waals surface area contributed by atoms with Crippen LogP contribution in [0.15, 0.2) is 52.1 Å². The van der Waals surface area contributed by atoms with Crippen LogP contribution in [0.3, 0.4) is 0 Å². The van der Waals surface area contributed by atoms with Crippen LogP contribution in [-0.4, -0.2) is 36.9 Å². The summed E-state index contributed by atoms with van der Waals surface area (Å²) in [5.74, 6) is 0.809. The number of phenols is 1. The van der Waals surface area contributed by atoms with Gasteiger partial charge in [-0.15, -0.1) is 0 Å². The molecular weight excluding hydrogens is 420 g/mol. The molecule has 0 spiro atoms. The van der Waals surface area contributed by atoms with E-state index in [2.05, 4.69) is 4.98 Å². The van der Waals surface area contributed by atoms with Crippen LogP contribution in [0, 0.1) is 13.8 Å². The van der Waals surface area contributed by atoms with Gasteiger partial charge in [-0.25, -0.2) is 9.78 Å². The summed E-state index contributed by atoms with van der Waals surface area (Å²) in [5, 5.41) is 10.3. The van der Waals surface area contributed by atoms with E-state index in [0.29, 0.717) is 30.1 Å². The standard InChI is InChI=1S/C25H26N4O4/c1-15-11-18(12-16(2)21(15)30)22-26-23-20(28(22)14-19-9-6-10-33-19)24(31)27-25(32)29(23)13-17-7-4-3-5-8-17/h3-5,7-8,11-12,19,30H,6,9-10,13-14H2,1-2H3,(H,27,31,32). The molecule has 170 valence electrons. The van der Waals surface area contributed by atoms with Crippen LogP contribution in [0.25, 0.3) is 22.6 Å². The van der Waals surface area contributed by atoms with Crippen molar-refractivity contribution in [2.24, 2.45) is 0 Å². The number of fused-ring (bicyclic) bond motifs is 1. The van der Waals surface area contributed by atoms with Crippen molar-refractivity contribution in [3.05, 3.63) is 80.0 Å². The number of ether oxygens (including phenoxy) is 1. The van der Waals surface area contributed by atoms with Gasteiger partial charge in [-0.3, -0.25) is 14.3 Å². The van der Waals surface area contributed by atoms with Crippen molar-refractivity contribution < 1.29 is 9.84 Å². The molecule has 1 atom stereocenters. The van der Waals surface area contributed by atoms with Crippen molar-refractivity contribution in [2.75, 3.05) is 6.61 Å². The van der Waals surface area contributed by atoms with Gasteiger partial charge < -0.3 is 14.4 Å². The summed E-state index contributed by atoms with van der Waals surface area (Å²) >= 11 is 0. The zero-order chi connectivity index (χ0) is 23.1. The molecular formula is C25H26N4O4. The molecule has 0 saturated carbocycles. The molecule has 0 amide bonds. The lowest BCUT2D eigenvalue weighted by molar-refractivity contribution is 0.0982. The highest BCUT2D eigenvalue weighted by molar-refractivity contribution is 5.77. The van der Waals surface area contributed by atoms with Gasteiger partial charge in [-0.2, -0.15) is 0 Å². The third-order valence-corrected chi connectivity index (χ3v) is 6.23. The van der Waals surface area contributed by atoms with Crippen LogP contribution in [0.5, 0.6) is 5.75 Å². The summed E-state index contributed by atoms with van der Waals surface area (Å²) < 4.78 is 9.21. The fraction of sp³-hybridized carbons (Fsp3) is 0.320. The minimum absolute atomic E-state index is 0.0330. The van der Waals surface area contributed by atoms with Crippen molar-refractivity contribution in [3.8, 4) is 17.1 Å². The van der Waals surface area contributed by atoms with E-state index in [9.17, 15) is 14.7 Å². The SMILES string of the molecule is Cc1cc(-c2nc3c(c(=O)[nH]c(=O)n3Cc3ccccc3)n2CC2CCCO2)cc(C)c1O. The topological polar surface area (TPSA) is 102 Å². The number of aromatic hydroxyl groups is 1. The van der Waals surface area contributed by atoms with Gasteiger partial charge in [-0.1, -0.05) is 30.3 Å². The van der Waals surface area contributed by atoms with Crippen LogP contribution in [-0.2, 0) is 17.8 Å². The molecule has 0 bridgehead atoms. The summed E-state index contributed by atoms with van der Waals surface area (Å²) in [6.07, 6.45) is 1.84. The van der Waals surface area contributed by atoms with Crippen LogP contribution >= 0.6 is 0 Å². The zero-order valence-electron chi connectivity index (χ0n) is 18.7. The highest BCUT2D eigenvalue weighted by Gasteiger charge is 2.24. The minimum atomic E-state index is -0.497. The maximum atomic E-state index is 13.0. The van der Waals surface area contributed by atoms with Gasteiger partial charge in [0.2, 0.25) is 0 Å². The Morgan fingerprint density at radius 3 is 2.52 bits per heavy atom. The highest BCUT2D eigenvalue weighted by atomic mass is 16.5. The van der Waals surface area contributed by atoms with Crippen LogP contribution in [0.2, 0.25) is 0 Å². The van der Waals surface area contributed by atoms with Gasteiger partial charge in [0.05, 0.1) is 19.2 Å². The third kappa shape index (κ3) is 3.87. The Labute approximate surface area is 190 Å². The molecule has 8 heteroatoms. The lowest BCUT2D eigenvalue weighted by atomic mass is 10.1. The molecule has 4 aromatic rings. The first-order valence-electron chi connectivity index (χ1n) is 11.1. The molecule has 1 aliphatic heterocycles. The van der Waals surface area contributed by atoms with E-state index >= 15 is 0 Å². The van der Waals surface area contributed by atoms with Gasteiger partial charge in [0.1, 0.15) is 11.6 Å². The molecule has 0 aliphatic carbocycles. The molecule has 5 rings (SSSR count). The van der Waals surface area contributed by atoms with Gasteiger partial charge in [0, 0.05) is 12.2 Å². The highest BCUT2D eigenvalue weighted by Crippen LogP contribution is 2.31. The predicted octanol–water partition coefficient (Wildman–Crippen LogP) is 3.10. The van der Waals surface area contributed by atoms with Gasteiger partial charge in [0.15, 0.2) is 11.2 Å². The first-order chi connectivity index (χ1) is 15.9. The van der Waals surface area contributed by atoms with Gasteiger partial charge >= 0.3 is 5.69 Å². The number of imidazole rings is 1. The molecule has 2 aromatic carbocycles. The quantitative estimate of drug-likeness (QED) is 0.491. The monoisotopic (exact) mass is 446 g/mol. The predicted molar refractivity (Wildman–Crippen MR) is 126 cm³/mol. The second-order valence-corrected chi connectivity index (χ2v) is 8.64. The summed E-state index contributed by atoms with van der Waals surface area (Å²) in [7, 11) is 0. The van der Waals surface area contributed by atoms with Crippen molar-refractivity contribution in [3.63, 3.8) is 0 Å². The molecule has 1 saturated heterocycles. The number of aromatic nitrogens is 4. The summed E-state index contributed by atoms with van der Waals surface area (Å²) in [6, 6.07) is 13.3. The Morgan fingerprint density at radius 1 is 1.12 bits per heavy atom. The van der Waals surface area contributed by atoms with E-state index in [1.165, 1.54) is 4.57 Å². The molecule has 1 aliphatic rings. The molecule has 2 aromatic heterocycles. The van der Waals surface area contributed by atoms with Crippen molar-refractivity contribution in [2.45, 2.75) is 45.9 Å². The largest absolute Gasteiger partial charge is 0.507 e.